The van der Waals surface area contributed by atoms with E-state index >= 15 is 0 Å². The van der Waals surface area contributed by atoms with E-state index in [0.29, 0.717) is 0 Å². The van der Waals surface area contributed by atoms with E-state index in [9.17, 15) is 0 Å². The molecule has 0 aliphatic heterocycles. The Morgan fingerprint density at radius 1 is 1.25 bits per heavy atom. The highest BCUT2D eigenvalue weighted by Crippen LogP contribution is 2.32. The normalized spacial score (nSPS) is 12.8. The van der Waals surface area contributed by atoms with E-state index in [2.05, 4.69) is 52.1 Å². The summed E-state index contributed by atoms with van der Waals surface area (Å²) in [6.07, 6.45) is 0.874. The summed E-state index contributed by atoms with van der Waals surface area (Å²) in [6, 6.07) is 14.4. The van der Waals surface area contributed by atoms with E-state index in [1.54, 1.807) is 11.3 Å². The molecule has 1 nitrogen and oxygen atoms in total. The lowest BCUT2D eigenvalue weighted by atomic mass is 10.1. The predicted molar refractivity (Wildman–Crippen MR) is 91.2 cm³/mol. The number of benzene rings is 2. The van der Waals surface area contributed by atoms with Crippen molar-refractivity contribution in [2.75, 3.05) is 0 Å². The Labute approximate surface area is 135 Å². The van der Waals surface area contributed by atoms with Gasteiger partial charge in [-0.2, -0.15) is 0 Å². The van der Waals surface area contributed by atoms with Gasteiger partial charge in [-0.15, -0.1) is 11.3 Å². The van der Waals surface area contributed by atoms with Crippen LogP contribution in [0.1, 0.15) is 21.0 Å². The second-order valence-electron chi connectivity index (χ2n) is 4.81. The Morgan fingerprint density at radius 3 is 2.80 bits per heavy atom. The number of halogens is 2. The molecule has 1 aromatic heterocycles. The Bertz CT molecular complexity index is 700. The molecule has 0 saturated heterocycles. The first-order valence-corrected chi connectivity index (χ1v) is 8.48. The van der Waals surface area contributed by atoms with Gasteiger partial charge in [0.2, 0.25) is 0 Å². The minimum atomic E-state index is 0.237. The Balaban J connectivity index is 1.86. The minimum absolute atomic E-state index is 0.237. The van der Waals surface area contributed by atoms with Crippen molar-refractivity contribution in [3.05, 3.63) is 63.6 Å². The van der Waals surface area contributed by atoms with Crippen LogP contribution in [-0.4, -0.2) is 4.98 Å². The molecule has 102 valence electrons. The number of aryl methyl sites for hydroxylation is 1. The van der Waals surface area contributed by atoms with Crippen LogP contribution in [0.4, 0.5) is 0 Å². The molecule has 2 aromatic carbocycles. The molecule has 3 rings (SSSR count). The van der Waals surface area contributed by atoms with Crippen LogP contribution in [0.15, 0.2) is 42.5 Å². The van der Waals surface area contributed by atoms with E-state index < -0.39 is 0 Å². The molecule has 0 aliphatic carbocycles. The van der Waals surface area contributed by atoms with Crippen LogP contribution < -0.4 is 0 Å². The van der Waals surface area contributed by atoms with Gasteiger partial charge >= 0.3 is 0 Å². The van der Waals surface area contributed by atoms with Crippen molar-refractivity contribution in [1.82, 2.24) is 4.98 Å². The topological polar surface area (TPSA) is 12.9 Å². The van der Waals surface area contributed by atoms with Crippen LogP contribution in [0, 0.1) is 6.92 Å². The SMILES string of the molecule is Cc1cc(Cl)cc(C(Br)Cc2nc3ccccc3s2)c1. The standard InChI is InChI=1S/C16H13BrClNS/c1-10-6-11(8-12(18)7-10)13(17)9-16-19-14-4-2-3-5-15(14)20-16/h2-8,13H,9H2,1H3. The average molecular weight is 367 g/mol. The Hall–Kier alpha value is -0.900. The van der Waals surface area contributed by atoms with Crippen molar-refractivity contribution in [1.29, 1.82) is 0 Å². The zero-order chi connectivity index (χ0) is 14.1. The number of hydrogen-bond donors (Lipinski definition) is 0. The maximum absolute atomic E-state index is 6.13. The summed E-state index contributed by atoms with van der Waals surface area (Å²) in [6.45, 7) is 2.06. The van der Waals surface area contributed by atoms with Gasteiger partial charge < -0.3 is 0 Å². The summed E-state index contributed by atoms with van der Waals surface area (Å²) >= 11 is 11.6. The first-order valence-electron chi connectivity index (χ1n) is 6.37. The number of alkyl halides is 1. The van der Waals surface area contributed by atoms with Gasteiger partial charge in [-0.3, -0.25) is 0 Å². The lowest BCUT2D eigenvalue weighted by Gasteiger charge is -2.10. The highest BCUT2D eigenvalue weighted by atomic mass is 79.9. The molecule has 0 amide bonds. The van der Waals surface area contributed by atoms with E-state index in [-0.39, 0.29) is 4.83 Å². The number of para-hydroxylation sites is 1. The summed E-state index contributed by atoms with van der Waals surface area (Å²) in [5, 5.41) is 1.93. The number of nitrogens with zero attached hydrogens (tertiary/aromatic N) is 1. The molecule has 0 fully saturated rings. The first kappa shape index (κ1) is 14.1. The van der Waals surface area contributed by atoms with Crippen LogP contribution in [0.3, 0.4) is 0 Å². The molecule has 0 spiro atoms. The van der Waals surface area contributed by atoms with E-state index in [4.69, 9.17) is 11.6 Å². The van der Waals surface area contributed by atoms with Gasteiger partial charge in [-0.25, -0.2) is 4.98 Å². The fourth-order valence-electron chi connectivity index (χ4n) is 2.22. The molecule has 4 heteroatoms. The molecule has 0 saturated carbocycles. The van der Waals surface area contributed by atoms with Gasteiger partial charge in [0.1, 0.15) is 0 Å². The van der Waals surface area contributed by atoms with Crippen LogP contribution in [0.2, 0.25) is 5.02 Å². The zero-order valence-electron chi connectivity index (χ0n) is 10.9. The number of aromatic nitrogens is 1. The third kappa shape index (κ3) is 3.05. The minimum Gasteiger partial charge on any atom is -0.241 e. The molecule has 1 unspecified atom stereocenters. The predicted octanol–water partition coefficient (Wildman–Crippen LogP) is 5.94. The number of rotatable bonds is 3. The quantitative estimate of drug-likeness (QED) is 0.523. The third-order valence-corrected chi connectivity index (χ3v) is 5.25. The lowest BCUT2D eigenvalue weighted by molar-refractivity contribution is 0.936. The number of hydrogen-bond acceptors (Lipinski definition) is 2. The van der Waals surface area contributed by atoms with Crippen LogP contribution in [0.25, 0.3) is 10.2 Å². The fraction of sp³-hybridized carbons (Fsp3) is 0.188. The molecular weight excluding hydrogens is 354 g/mol. The molecule has 0 aliphatic rings. The first-order chi connectivity index (χ1) is 9.61. The number of fused-ring (bicyclic) bond motifs is 1. The average Bonchev–Trinajstić information content (AvgIpc) is 2.79. The van der Waals surface area contributed by atoms with Gasteiger partial charge in [0.25, 0.3) is 0 Å². The molecule has 1 atom stereocenters. The maximum atomic E-state index is 6.13. The van der Waals surface area contributed by atoms with Crippen LogP contribution in [-0.2, 0) is 6.42 Å². The van der Waals surface area contributed by atoms with Crippen molar-refractivity contribution in [3.63, 3.8) is 0 Å². The van der Waals surface area contributed by atoms with E-state index in [1.165, 1.54) is 15.8 Å². The second-order valence-corrected chi connectivity index (χ2v) is 7.47. The smallest absolute Gasteiger partial charge is 0.0953 e. The highest BCUT2D eigenvalue weighted by molar-refractivity contribution is 9.09. The monoisotopic (exact) mass is 365 g/mol. The fourth-order valence-corrected chi connectivity index (χ4v) is 4.32. The maximum Gasteiger partial charge on any atom is 0.0953 e. The third-order valence-electron chi connectivity index (χ3n) is 3.12. The lowest BCUT2D eigenvalue weighted by Crippen LogP contribution is -1.95. The molecular formula is C16H13BrClNS. The highest BCUT2D eigenvalue weighted by Gasteiger charge is 2.13. The van der Waals surface area contributed by atoms with Gasteiger partial charge in [0.15, 0.2) is 0 Å². The summed E-state index contributed by atoms with van der Waals surface area (Å²) < 4.78 is 1.24. The zero-order valence-corrected chi connectivity index (χ0v) is 14.1. The van der Waals surface area contributed by atoms with Crippen molar-refractivity contribution in [2.45, 2.75) is 18.2 Å². The van der Waals surface area contributed by atoms with Crippen molar-refractivity contribution in [2.24, 2.45) is 0 Å². The molecule has 1 heterocycles. The van der Waals surface area contributed by atoms with Crippen molar-refractivity contribution in [3.8, 4) is 0 Å². The Kier molecular flexibility index (Phi) is 4.11. The summed E-state index contributed by atoms with van der Waals surface area (Å²) in [4.78, 5) is 4.92. The van der Waals surface area contributed by atoms with Crippen molar-refractivity contribution < 1.29 is 0 Å². The second kappa shape index (κ2) is 5.84. The van der Waals surface area contributed by atoms with E-state index in [1.807, 2.05) is 18.2 Å². The Morgan fingerprint density at radius 2 is 2.05 bits per heavy atom. The number of thiazole rings is 1. The van der Waals surface area contributed by atoms with Gasteiger partial charge in [0, 0.05) is 16.3 Å². The van der Waals surface area contributed by atoms with Gasteiger partial charge in [-0.1, -0.05) is 45.7 Å². The molecule has 20 heavy (non-hydrogen) atoms. The molecule has 3 aromatic rings. The van der Waals surface area contributed by atoms with Gasteiger partial charge in [-0.05, 0) is 42.3 Å². The summed E-state index contributed by atoms with van der Waals surface area (Å²) in [5.74, 6) is 0. The summed E-state index contributed by atoms with van der Waals surface area (Å²) in [5.41, 5.74) is 3.46. The van der Waals surface area contributed by atoms with Gasteiger partial charge in [0.05, 0.1) is 15.2 Å². The van der Waals surface area contributed by atoms with Crippen LogP contribution in [0.5, 0.6) is 0 Å². The van der Waals surface area contributed by atoms with Crippen molar-refractivity contribution >= 4 is 49.1 Å². The molecule has 0 N–H and O–H groups in total. The molecule has 0 radical (unpaired) electrons. The van der Waals surface area contributed by atoms with E-state index in [0.717, 1.165) is 22.0 Å². The van der Waals surface area contributed by atoms with Crippen LogP contribution >= 0.6 is 38.9 Å². The molecule has 0 bridgehead atoms. The summed E-state index contributed by atoms with van der Waals surface area (Å²) in [7, 11) is 0. The largest absolute Gasteiger partial charge is 0.241 e.